The molecule has 0 spiro atoms. The standard InChI is InChI=1S/C32H51N6O5P/c1-3-5-6-7-8-9-10-11-12-13-14-15-16-17-18-19-20-21-29(39)34-24-25-36-44(41-4-2)42-26-28-22-23-30(43-28)38-27-35-31(33)37-32(38)40/h5-6,8-9,11-12,14-15,17-18,27-28,30,36H,3-4,7,10,13,16,19-26H2,1-2H3,(H,34,39)(H2,33,37,40)/b6-5-,9-8-,12-11-,15-14-,18-17-. The number of amides is 1. The summed E-state index contributed by atoms with van der Waals surface area (Å²) >= 11 is 0. The number of nitrogens with one attached hydrogen (secondary N) is 2. The van der Waals surface area contributed by atoms with Crippen LogP contribution in [0.3, 0.4) is 0 Å². The van der Waals surface area contributed by atoms with E-state index in [1.54, 1.807) is 0 Å². The normalized spacial score (nSPS) is 18.1. The summed E-state index contributed by atoms with van der Waals surface area (Å²) < 4.78 is 18.9. The number of unbranched alkanes of at least 4 members (excludes halogenated alkanes) is 1. The molecule has 0 bridgehead atoms. The number of ether oxygens (including phenoxy) is 1. The van der Waals surface area contributed by atoms with Crippen molar-refractivity contribution >= 4 is 20.4 Å². The van der Waals surface area contributed by atoms with Gasteiger partial charge < -0.3 is 24.8 Å². The summed E-state index contributed by atoms with van der Waals surface area (Å²) in [5, 5.41) is 6.15. The molecule has 44 heavy (non-hydrogen) atoms. The van der Waals surface area contributed by atoms with Gasteiger partial charge in [-0.2, -0.15) is 4.98 Å². The maximum absolute atomic E-state index is 12.2. The van der Waals surface area contributed by atoms with Crippen LogP contribution < -0.4 is 21.8 Å². The third kappa shape index (κ3) is 17.4. The van der Waals surface area contributed by atoms with Crippen molar-refractivity contribution in [1.82, 2.24) is 24.9 Å². The SMILES string of the molecule is CC/C=C\C/C=C\C/C=C\C/C=C\C/C=C\CCCC(=O)NCCNP(OCC)OCC1CCC(n2cnc(N)nc2=O)O1. The molecular weight excluding hydrogens is 579 g/mol. The molecule has 4 N–H and O–H groups in total. The molecule has 1 fully saturated rings. The van der Waals surface area contributed by atoms with E-state index in [1.807, 2.05) is 6.92 Å². The number of hydrogen-bond donors (Lipinski definition) is 3. The van der Waals surface area contributed by atoms with Gasteiger partial charge in [0.2, 0.25) is 11.9 Å². The summed E-state index contributed by atoms with van der Waals surface area (Å²) in [4.78, 5) is 31.7. The van der Waals surface area contributed by atoms with Crippen LogP contribution in [0.5, 0.6) is 0 Å². The Morgan fingerprint density at radius 2 is 1.66 bits per heavy atom. The van der Waals surface area contributed by atoms with Crippen LogP contribution in [-0.2, 0) is 18.6 Å². The fourth-order valence-electron chi connectivity index (χ4n) is 4.15. The van der Waals surface area contributed by atoms with Crippen LogP contribution in [0.1, 0.15) is 84.3 Å². The smallest absolute Gasteiger partial charge is 0.354 e. The number of nitrogen functional groups attached to an aromatic ring is 1. The van der Waals surface area contributed by atoms with Gasteiger partial charge in [0.05, 0.1) is 19.3 Å². The average Bonchev–Trinajstić information content (AvgIpc) is 3.48. The first-order valence-corrected chi connectivity index (χ1v) is 16.9. The van der Waals surface area contributed by atoms with Gasteiger partial charge in [-0.1, -0.05) is 67.7 Å². The minimum Gasteiger partial charge on any atom is -0.368 e. The molecule has 12 heteroatoms. The predicted octanol–water partition coefficient (Wildman–Crippen LogP) is 5.81. The first kappa shape index (κ1) is 37.2. The number of nitrogens with zero attached hydrogens (tertiary/aromatic N) is 3. The van der Waals surface area contributed by atoms with Gasteiger partial charge in [0.25, 0.3) is 8.53 Å². The van der Waals surface area contributed by atoms with Crippen molar-refractivity contribution in [2.24, 2.45) is 0 Å². The molecule has 0 aliphatic carbocycles. The molecule has 2 rings (SSSR count). The number of rotatable bonds is 23. The second kappa shape index (κ2) is 24.4. The molecule has 1 aromatic heterocycles. The highest BCUT2D eigenvalue weighted by Crippen LogP contribution is 2.35. The first-order valence-electron chi connectivity index (χ1n) is 15.7. The molecule has 1 amide bonds. The van der Waals surface area contributed by atoms with Crippen molar-refractivity contribution in [2.45, 2.75) is 90.4 Å². The van der Waals surface area contributed by atoms with Gasteiger partial charge in [-0.15, -0.1) is 0 Å². The van der Waals surface area contributed by atoms with Crippen LogP contribution in [0.4, 0.5) is 5.95 Å². The molecule has 3 unspecified atom stereocenters. The summed E-state index contributed by atoms with van der Waals surface area (Å²) in [6, 6.07) is 0. The predicted molar refractivity (Wildman–Crippen MR) is 178 cm³/mol. The van der Waals surface area contributed by atoms with E-state index in [0.717, 1.165) is 51.4 Å². The van der Waals surface area contributed by atoms with Crippen molar-refractivity contribution in [2.75, 3.05) is 32.0 Å². The van der Waals surface area contributed by atoms with Gasteiger partial charge in [0.1, 0.15) is 12.6 Å². The highest BCUT2D eigenvalue weighted by Gasteiger charge is 2.29. The summed E-state index contributed by atoms with van der Waals surface area (Å²) in [6.07, 6.45) is 31.0. The number of hydrogen-bond acceptors (Lipinski definition) is 9. The Hall–Kier alpha value is -2.95. The Morgan fingerprint density at radius 3 is 2.30 bits per heavy atom. The lowest BCUT2D eigenvalue weighted by atomic mass is 10.2. The average molecular weight is 631 g/mol. The summed E-state index contributed by atoms with van der Waals surface area (Å²) in [5.41, 5.74) is 4.97. The summed E-state index contributed by atoms with van der Waals surface area (Å²) in [6.45, 7) is 5.87. The highest BCUT2D eigenvalue weighted by molar-refractivity contribution is 7.44. The molecule has 1 aliphatic rings. The van der Waals surface area contributed by atoms with Crippen LogP contribution in [0, 0.1) is 0 Å². The van der Waals surface area contributed by atoms with Gasteiger partial charge >= 0.3 is 5.69 Å². The van der Waals surface area contributed by atoms with Crippen molar-refractivity contribution in [3.05, 3.63) is 77.6 Å². The van der Waals surface area contributed by atoms with Gasteiger partial charge in [-0.25, -0.2) is 14.9 Å². The topological polar surface area (TPSA) is 143 Å². The van der Waals surface area contributed by atoms with E-state index in [0.29, 0.717) is 39.1 Å². The number of carbonyl (C=O) groups excluding carboxylic acids is 1. The number of carbonyl (C=O) groups is 1. The zero-order valence-electron chi connectivity index (χ0n) is 26.3. The second-order valence-corrected chi connectivity index (χ2v) is 11.4. The molecule has 1 saturated heterocycles. The molecule has 2 heterocycles. The fraction of sp³-hybridized carbons (Fsp3) is 0.562. The largest absolute Gasteiger partial charge is 0.368 e. The minimum atomic E-state index is -1.33. The minimum absolute atomic E-state index is 0.0353. The molecule has 1 aliphatic heterocycles. The quantitative estimate of drug-likeness (QED) is 0.0776. The highest BCUT2D eigenvalue weighted by atomic mass is 31.2. The Kier molecular flexibility index (Phi) is 20.6. The Balaban J connectivity index is 1.48. The number of aromatic nitrogens is 3. The van der Waals surface area contributed by atoms with E-state index >= 15 is 0 Å². The lowest BCUT2D eigenvalue weighted by Gasteiger charge is -2.20. The molecule has 0 radical (unpaired) electrons. The molecule has 0 aromatic carbocycles. The Bertz CT molecular complexity index is 1140. The summed E-state index contributed by atoms with van der Waals surface area (Å²) in [7, 11) is -1.33. The van der Waals surface area contributed by atoms with Crippen molar-refractivity contribution in [3.63, 3.8) is 0 Å². The zero-order chi connectivity index (χ0) is 31.7. The molecular formula is C32H51N6O5P. The van der Waals surface area contributed by atoms with E-state index in [2.05, 4.69) is 88.1 Å². The third-order valence-electron chi connectivity index (χ3n) is 6.39. The first-order chi connectivity index (χ1) is 21.5. The zero-order valence-corrected chi connectivity index (χ0v) is 27.2. The maximum atomic E-state index is 12.2. The fourth-order valence-corrected chi connectivity index (χ4v) is 5.24. The van der Waals surface area contributed by atoms with Gasteiger partial charge in [0, 0.05) is 19.5 Å². The van der Waals surface area contributed by atoms with Crippen molar-refractivity contribution < 1.29 is 18.6 Å². The van der Waals surface area contributed by atoms with Crippen LogP contribution in [0.2, 0.25) is 0 Å². The molecule has 3 atom stereocenters. The monoisotopic (exact) mass is 630 g/mol. The van der Waals surface area contributed by atoms with E-state index in [1.165, 1.54) is 10.9 Å². The van der Waals surface area contributed by atoms with E-state index in [4.69, 9.17) is 19.5 Å². The number of anilines is 1. The Morgan fingerprint density at radius 1 is 1.00 bits per heavy atom. The van der Waals surface area contributed by atoms with Gasteiger partial charge in [-0.3, -0.25) is 9.36 Å². The van der Waals surface area contributed by atoms with Crippen molar-refractivity contribution in [1.29, 1.82) is 0 Å². The van der Waals surface area contributed by atoms with Crippen molar-refractivity contribution in [3.8, 4) is 0 Å². The number of allylic oxidation sites excluding steroid dienone is 10. The van der Waals surface area contributed by atoms with Crippen LogP contribution in [0.25, 0.3) is 0 Å². The Labute approximate surface area is 263 Å². The van der Waals surface area contributed by atoms with Crippen LogP contribution in [-0.4, -0.2) is 52.8 Å². The van der Waals surface area contributed by atoms with Crippen LogP contribution in [0.15, 0.2) is 71.9 Å². The lowest BCUT2D eigenvalue weighted by Crippen LogP contribution is -2.31. The molecule has 11 nitrogen and oxygen atoms in total. The maximum Gasteiger partial charge on any atom is 0.354 e. The van der Waals surface area contributed by atoms with Crippen LogP contribution >= 0.6 is 8.53 Å². The molecule has 244 valence electrons. The number of nitrogens with two attached hydrogens (primary N) is 1. The summed E-state index contributed by atoms with van der Waals surface area (Å²) in [5.74, 6) is -0.0248. The third-order valence-corrected chi connectivity index (χ3v) is 7.74. The molecule has 0 saturated carbocycles. The van der Waals surface area contributed by atoms with E-state index in [-0.39, 0.29) is 18.0 Å². The lowest BCUT2D eigenvalue weighted by molar-refractivity contribution is -0.121. The molecule has 1 aromatic rings. The second-order valence-electron chi connectivity index (χ2n) is 10.0. The van der Waals surface area contributed by atoms with E-state index < -0.39 is 20.4 Å². The van der Waals surface area contributed by atoms with Gasteiger partial charge in [0.15, 0.2) is 0 Å². The van der Waals surface area contributed by atoms with Gasteiger partial charge in [-0.05, 0) is 64.7 Å². The van der Waals surface area contributed by atoms with E-state index in [9.17, 15) is 9.59 Å².